The van der Waals surface area contributed by atoms with Crippen LogP contribution in [0.1, 0.15) is 111 Å². The average molecular weight is 650 g/mol. The van der Waals surface area contributed by atoms with E-state index in [1.54, 1.807) is 11.0 Å². The van der Waals surface area contributed by atoms with Crippen molar-refractivity contribution < 1.29 is 0 Å². The lowest BCUT2D eigenvalue weighted by atomic mass is 9.92. The Morgan fingerprint density at radius 1 is 0.927 bits per heavy atom. The highest BCUT2D eigenvalue weighted by molar-refractivity contribution is 7.66. The van der Waals surface area contributed by atoms with E-state index < -0.39 is 32.9 Å². The topological polar surface area (TPSA) is 22.1 Å². The average Bonchev–Trinajstić information content (AvgIpc) is 3.36. The van der Waals surface area contributed by atoms with Gasteiger partial charge in [-0.15, -0.1) is 0 Å². The number of benzene rings is 1. The fraction of sp³-hybridized carbons (Fsp3) is 0.750. The van der Waals surface area contributed by atoms with Crippen molar-refractivity contribution in [3.8, 4) is 0 Å². The summed E-state index contributed by atoms with van der Waals surface area (Å²) >= 11 is 7.73. The van der Waals surface area contributed by atoms with Crippen LogP contribution in [-0.4, -0.2) is 44.4 Å². The molecule has 2 aliphatic carbocycles. The summed E-state index contributed by atoms with van der Waals surface area (Å²) in [6.45, 7) is 36.3. The van der Waals surface area contributed by atoms with E-state index in [1.807, 2.05) is 0 Å². The number of halogens is 1. The SMILES string of the molecule is CC(C)c1cccc(C(C)C)c1N(C1=C(P2N(C(C)(C)C)[Si](C)(C)N2C(C)(C)C)[C@@H]2CC[C@H]1C2)/[Si](Cl)=N/[Si](C)(C)C. The molecule has 0 radical (unpaired) electrons. The van der Waals surface area contributed by atoms with Crippen LogP contribution in [0.4, 0.5) is 5.69 Å². The van der Waals surface area contributed by atoms with Crippen LogP contribution >= 0.6 is 19.3 Å². The second kappa shape index (κ2) is 11.3. The van der Waals surface area contributed by atoms with E-state index in [9.17, 15) is 0 Å². The van der Waals surface area contributed by atoms with Crippen molar-refractivity contribution in [1.29, 1.82) is 0 Å². The molecule has 0 N–H and O–H groups in total. The van der Waals surface area contributed by atoms with Crippen LogP contribution in [0.2, 0.25) is 32.7 Å². The van der Waals surface area contributed by atoms with Crippen molar-refractivity contribution in [2.24, 2.45) is 16.1 Å². The highest BCUT2D eigenvalue weighted by atomic mass is 35.6. The minimum Gasteiger partial charge on any atom is -0.336 e. The molecule has 2 fully saturated rings. The first-order valence-electron chi connectivity index (χ1n) is 15.9. The van der Waals surface area contributed by atoms with Crippen molar-refractivity contribution in [3.05, 3.63) is 40.3 Å². The minimum atomic E-state index is -1.80. The number of allylic oxidation sites excluding steroid dienone is 2. The molecule has 2 atom stereocenters. The summed E-state index contributed by atoms with van der Waals surface area (Å²) in [7, 11) is -5.87. The Kier molecular flexibility index (Phi) is 9.33. The maximum atomic E-state index is 7.73. The molecule has 9 heteroatoms. The number of nitrogens with zero attached hydrogens (tertiary/aromatic N) is 4. The predicted molar refractivity (Wildman–Crippen MR) is 190 cm³/mol. The van der Waals surface area contributed by atoms with E-state index in [4.69, 9.17) is 15.4 Å². The van der Waals surface area contributed by atoms with Gasteiger partial charge in [0, 0.05) is 27.8 Å². The molecule has 1 aliphatic heterocycles. The number of rotatable bonds is 7. The maximum absolute atomic E-state index is 7.73. The molecule has 230 valence electrons. The van der Waals surface area contributed by atoms with Gasteiger partial charge >= 0.3 is 8.06 Å². The zero-order valence-corrected chi connectivity index (χ0v) is 33.4. The molecule has 1 heterocycles. The Labute approximate surface area is 262 Å². The molecule has 2 bridgehead atoms. The van der Waals surface area contributed by atoms with Gasteiger partial charge in [0.25, 0.3) is 0 Å². The van der Waals surface area contributed by atoms with Crippen LogP contribution in [0.5, 0.6) is 0 Å². The fourth-order valence-corrected chi connectivity index (χ4v) is 25.5. The highest BCUT2D eigenvalue weighted by Crippen LogP contribution is 2.76. The van der Waals surface area contributed by atoms with Crippen molar-refractivity contribution >= 4 is 49.7 Å². The molecule has 1 saturated heterocycles. The first-order chi connectivity index (χ1) is 18.6. The fourth-order valence-electron chi connectivity index (χ4n) is 7.90. The summed E-state index contributed by atoms with van der Waals surface area (Å²) in [6, 6.07) is 6.99. The quantitative estimate of drug-likeness (QED) is 0.167. The monoisotopic (exact) mass is 648 g/mol. The standard InChI is InChI=1S/C32H58ClN4PSi3/c1-22(2)26-17-16-18-27(23(3)4)29(26)35(39(33)34-40(11,12)13)28-24-19-20-25(21-24)30(28)38-36(31(5,6)7)41(14,15)37(38)32(8,9)10/h16-18,22-25H,19-21H2,1-15H3/b39-34+/t24-,25+/m0/s1. The number of hydrogen-bond donors (Lipinski definition) is 0. The summed E-state index contributed by atoms with van der Waals surface area (Å²) in [4.78, 5) is 0. The van der Waals surface area contributed by atoms with Crippen LogP contribution in [-0.2, 0) is 0 Å². The zero-order chi connectivity index (χ0) is 31.0. The van der Waals surface area contributed by atoms with E-state index in [0.29, 0.717) is 23.7 Å². The molecule has 1 saturated carbocycles. The van der Waals surface area contributed by atoms with Gasteiger partial charge in [-0.25, -0.2) is 0 Å². The molecule has 0 amide bonds. The van der Waals surface area contributed by atoms with Gasteiger partial charge in [-0.05, 0) is 109 Å². The third kappa shape index (κ3) is 6.21. The molecule has 0 unspecified atom stereocenters. The molecule has 4 rings (SSSR count). The summed E-state index contributed by atoms with van der Waals surface area (Å²) in [6.07, 6.45) is 3.90. The Balaban J connectivity index is 2.10. The normalized spacial score (nSPS) is 24.7. The number of fused-ring (bicyclic) bond motifs is 2. The lowest BCUT2D eigenvalue weighted by Crippen LogP contribution is -2.77. The van der Waals surface area contributed by atoms with Crippen molar-refractivity contribution in [2.75, 3.05) is 4.57 Å². The van der Waals surface area contributed by atoms with Gasteiger partial charge in [-0.1, -0.05) is 76.6 Å². The molecule has 41 heavy (non-hydrogen) atoms. The number of anilines is 1. The molecule has 4 nitrogen and oxygen atoms in total. The van der Waals surface area contributed by atoms with Crippen LogP contribution in [0, 0.1) is 11.8 Å². The number of hydrogen-bond acceptors (Lipinski definition) is 3. The maximum Gasteiger partial charge on any atom is 0.353 e. The minimum absolute atomic E-state index is 0.129. The second-order valence-electron chi connectivity index (χ2n) is 16.7. The van der Waals surface area contributed by atoms with Crippen LogP contribution in [0.25, 0.3) is 0 Å². The summed E-state index contributed by atoms with van der Waals surface area (Å²) in [5, 5.41) is 1.75. The second-order valence-corrected chi connectivity index (χ2v) is 30.4. The third-order valence-corrected chi connectivity index (χ3v) is 24.8. The Bertz CT molecular complexity index is 1170. The molecular weight excluding hydrogens is 591 g/mol. The number of para-hydroxylation sites is 1. The van der Waals surface area contributed by atoms with Gasteiger partial charge in [0.1, 0.15) is 0 Å². The molecule has 3 aliphatic rings. The van der Waals surface area contributed by atoms with Gasteiger partial charge in [-0.2, -0.15) is 0 Å². The Morgan fingerprint density at radius 2 is 1.39 bits per heavy atom. The lowest BCUT2D eigenvalue weighted by molar-refractivity contribution is 0.240. The Hall–Kier alpha value is -0.149. The zero-order valence-electron chi connectivity index (χ0n) is 28.8. The smallest absolute Gasteiger partial charge is 0.336 e. The van der Waals surface area contributed by atoms with Crippen molar-refractivity contribution in [1.82, 2.24) is 8.67 Å². The van der Waals surface area contributed by atoms with Crippen molar-refractivity contribution in [3.63, 3.8) is 0 Å². The predicted octanol–water partition coefficient (Wildman–Crippen LogP) is 10.9. The molecule has 0 spiro atoms. The molecule has 1 aromatic carbocycles. The van der Waals surface area contributed by atoms with E-state index in [1.165, 1.54) is 36.1 Å². The largest absolute Gasteiger partial charge is 0.353 e. The van der Waals surface area contributed by atoms with E-state index >= 15 is 0 Å². The summed E-state index contributed by atoms with van der Waals surface area (Å²) < 4.78 is 14.2. The van der Waals surface area contributed by atoms with Gasteiger partial charge in [-0.3, -0.25) is 8.67 Å². The Morgan fingerprint density at radius 3 is 1.80 bits per heavy atom. The van der Waals surface area contributed by atoms with Crippen molar-refractivity contribution in [2.45, 2.75) is 144 Å². The third-order valence-electron chi connectivity index (χ3n) is 8.79. The van der Waals surface area contributed by atoms with E-state index in [2.05, 4.69) is 133 Å². The van der Waals surface area contributed by atoms with E-state index in [0.717, 1.165) is 0 Å². The molecule has 1 aromatic rings. The van der Waals surface area contributed by atoms with Gasteiger partial charge < -0.3 is 8.87 Å². The van der Waals surface area contributed by atoms with E-state index in [-0.39, 0.29) is 11.1 Å². The van der Waals surface area contributed by atoms with Crippen LogP contribution in [0.15, 0.2) is 33.5 Å². The molecule has 0 aromatic heterocycles. The van der Waals surface area contributed by atoms with Crippen LogP contribution in [0.3, 0.4) is 0 Å². The summed E-state index contributed by atoms with van der Waals surface area (Å²) in [5.74, 6) is 2.09. The van der Waals surface area contributed by atoms with Gasteiger partial charge in [0.2, 0.25) is 8.40 Å². The van der Waals surface area contributed by atoms with Gasteiger partial charge in [0.15, 0.2) is 8.24 Å². The van der Waals surface area contributed by atoms with Gasteiger partial charge in [0.05, 0.1) is 8.22 Å². The van der Waals surface area contributed by atoms with Crippen LogP contribution < -0.4 is 4.57 Å². The highest BCUT2D eigenvalue weighted by Gasteiger charge is 2.65. The molecular formula is C32H58ClN4PSi3. The lowest BCUT2D eigenvalue weighted by Gasteiger charge is -2.71. The first kappa shape index (κ1) is 33.7. The summed E-state index contributed by atoms with van der Waals surface area (Å²) in [5.41, 5.74) is 6.09. The first-order valence-corrected chi connectivity index (χ1v) is 25.9.